The van der Waals surface area contributed by atoms with E-state index in [0.717, 1.165) is 11.5 Å². The number of nitrogens with zero attached hydrogens (tertiary/aromatic N) is 2. The molecule has 0 amide bonds. The van der Waals surface area contributed by atoms with Crippen LogP contribution in [0.25, 0.3) is 0 Å². The fraction of sp³-hybridized carbons (Fsp3) is 0.167. The number of nitrogens with one attached hydrogen (secondary N) is 1. The molecule has 0 aliphatic carbocycles. The average Bonchev–Trinajstić information content (AvgIpc) is 2.70. The maximum atomic E-state index is 9.15. The fourth-order valence-electron chi connectivity index (χ4n) is 1.45. The van der Waals surface area contributed by atoms with Gasteiger partial charge in [-0.15, -0.1) is 0 Å². The Morgan fingerprint density at radius 3 is 2.63 bits per heavy atom. The highest BCUT2D eigenvalue weighted by molar-refractivity contribution is 7.10. The molecule has 0 radical (unpaired) electrons. The molecule has 2 rings (SSSR count). The molecule has 0 unspecified atom stereocenters. The summed E-state index contributed by atoms with van der Waals surface area (Å²) in [5, 5.41) is 13.8. The molecule has 0 fully saturated rings. The first-order chi connectivity index (χ1) is 9.13. The summed E-state index contributed by atoms with van der Waals surface area (Å²) in [7, 11) is 0. The lowest BCUT2D eigenvalue weighted by Gasteiger charge is -2.05. The van der Waals surface area contributed by atoms with Gasteiger partial charge in [0.25, 0.3) is 0 Å². The van der Waals surface area contributed by atoms with Crippen LogP contribution < -0.4 is 10.1 Å². The smallest absolute Gasteiger partial charge is 0.245 e. The first-order valence-corrected chi connectivity index (χ1v) is 6.92. The van der Waals surface area contributed by atoms with Crippen LogP contribution >= 0.6 is 34.7 Å². The van der Waals surface area contributed by atoms with Crippen molar-refractivity contribution in [1.82, 2.24) is 4.37 Å². The SMILES string of the molecule is CCOc1nsc(Nc2cc(Cl)cc(Cl)c2)c1C#N. The molecule has 7 heteroatoms. The largest absolute Gasteiger partial charge is 0.476 e. The lowest BCUT2D eigenvalue weighted by Crippen LogP contribution is -1.95. The second-order valence-electron chi connectivity index (χ2n) is 3.52. The summed E-state index contributed by atoms with van der Waals surface area (Å²) in [4.78, 5) is 0. The highest BCUT2D eigenvalue weighted by Crippen LogP contribution is 2.33. The van der Waals surface area contributed by atoms with Crippen molar-refractivity contribution >= 4 is 45.4 Å². The number of nitriles is 1. The molecule has 19 heavy (non-hydrogen) atoms. The van der Waals surface area contributed by atoms with Gasteiger partial charge in [0, 0.05) is 15.7 Å². The highest BCUT2D eigenvalue weighted by atomic mass is 35.5. The highest BCUT2D eigenvalue weighted by Gasteiger charge is 2.15. The molecule has 0 bridgehead atoms. The Morgan fingerprint density at radius 2 is 2.05 bits per heavy atom. The lowest BCUT2D eigenvalue weighted by atomic mass is 10.3. The van der Waals surface area contributed by atoms with Gasteiger partial charge in [-0.1, -0.05) is 23.2 Å². The van der Waals surface area contributed by atoms with Crippen LogP contribution in [0.5, 0.6) is 5.88 Å². The van der Waals surface area contributed by atoms with Gasteiger partial charge in [0.15, 0.2) is 5.56 Å². The van der Waals surface area contributed by atoms with Crippen LogP contribution in [0.15, 0.2) is 18.2 Å². The van der Waals surface area contributed by atoms with Crippen LogP contribution in [0.4, 0.5) is 10.7 Å². The standard InChI is InChI=1S/C12H9Cl2N3OS/c1-2-18-11-10(6-15)12(19-17-11)16-9-4-7(13)3-8(14)5-9/h3-5,16H,2H2,1H3. The van der Waals surface area contributed by atoms with Gasteiger partial charge in [-0.2, -0.15) is 9.64 Å². The Balaban J connectivity index is 2.31. The van der Waals surface area contributed by atoms with Gasteiger partial charge >= 0.3 is 0 Å². The Labute approximate surface area is 124 Å². The second kappa shape index (κ2) is 6.11. The van der Waals surface area contributed by atoms with Gasteiger partial charge in [0.1, 0.15) is 11.1 Å². The molecule has 0 aliphatic rings. The zero-order chi connectivity index (χ0) is 13.8. The van der Waals surface area contributed by atoms with Crippen molar-refractivity contribution in [2.75, 3.05) is 11.9 Å². The van der Waals surface area contributed by atoms with Crippen molar-refractivity contribution < 1.29 is 4.74 Å². The third kappa shape index (κ3) is 3.29. The van der Waals surface area contributed by atoms with E-state index in [-0.39, 0.29) is 0 Å². The number of benzene rings is 1. The van der Waals surface area contributed by atoms with Crippen molar-refractivity contribution in [3.8, 4) is 11.9 Å². The molecule has 1 aromatic heterocycles. The van der Waals surface area contributed by atoms with E-state index < -0.39 is 0 Å². The Bertz CT molecular complexity index is 616. The summed E-state index contributed by atoms with van der Waals surface area (Å²) in [5.41, 5.74) is 1.07. The van der Waals surface area contributed by atoms with Crippen molar-refractivity contribution in [2.45, 2.75) is 6.92 Å². The van der Waals surface area contributed by atoms with Crippen LogP contribution in [-0.2, 0) is 0 Å². The summed E-state index contributed by atoms with van der Waals surface area (Å²) >= 11 is 13.0. The predicted molar refractivity (Wildman–Crippen MR) is 77.7 cm³/mol. The number of anilines is 2. The number of hydrogen-bond acceptors (Lipinski definition) is 5. The Hall–Kier alpha value is -1.48. The van der Waals surface area contributed by atoms with Crippen LogP contribution in [0.2, 0.25) is 10.0 Å². The molecule has 0 saturated heterocycles. The van der Waals surface area contributed by atoms with E-state index in [0.29, 0.717) is 38.8 Å². The van der Waals surface area contributed by atoms with E-state index in [9.17, 15) is 0 Å². The quantitative estimate of drug-likeness (QED) is 0.905. The summed E-state index contributed by atoms with van der Waals surface area (Å²) in [6.45, 7) is 2.30. The Kier molecular flexibility index (Phi) is 4.48. The minimum atomic E-state index is 0.339. The van der Waals surface area contributed by atoms with Gasteiger partial charge < -0.3 is 10.1 Å². The zero-order valence-electron chi connectivity index (χ0n) is 9.91. The molecular weight excluding hydrogens is 305 g/mol. The summed E-state index contributed by atoms with van der Waals surface area (Å²) in [5.74, 6) is 0.339. The number of halogens is 2. The van der Waals surface area contributed by atoms with E-state index in [1.54, 1.807) is 18.2 Å². The second-order valence-corrected chi connectivity index (χ2v) is 5.17. The van der Waals surface area contributed by atoms with Crippen molar-refractivity contribution in [1.29, 1.82) is 5.26 Å². The molecule has 0 saturated carbocycles. The number of hydrogen-bond donors (Lipinski definition) is 1. The first-order valence-electron chi connectivity index (χ1n) is 5.39. The van der Waals surface area contributed by atoms with E-state index in [2.05, 4.69) is 15.8 Å². The molecule has 1 N–H and O–H groups in total. The van der Waals surface area contributed by atoms with Gasteiger partial charge in [-0.25, -0.2) is 0 Å². The van der Waals surface area contributed by atoms with Crippen molar-refractivity contribution in [3.05, 3.63) is 33.8 Å². The van der Waals surface area contributed by atoms with Crippen molar-refractivity contribution in [2.24, 2.45) is 0 Å². The third-order valence-electron chi connectivity index (χ3n) is 2.17. The van der Waals surface area contributed by atoms with Crippen LogP contribution in [0.1, 0.15) is 12.5 Å². The average molecular weight is 314 g/mol. The van der Waals surface area contributed by atoms with E-state index in [1.807, 2.05) is 6.92 Å². The van der Waals surface area contributed by atoms with Gasteiger partial charge in [-0.05, 0) is 36.7 Å². The molecule has 1 aromatic carbocycles. The van der Waals surface area contributed by atoms with Crippen LogP contribution in [-0.4, -0.2) is 11.0 Å². The minimum absolute atomic E-state index is 0.339. The Morgan fingerprint density at radius 1 is 1.37 bits per heavy atom. The maximum Gasteiger partial charge on any atom is 0.245 e. The fourth-order valence-corrected chi connectivity index (χ4v) is 2.68. The number of rotatable bonds is 4. The molecule has 0 spiro atoms. The molecule has 1 heterocycles. The van der Waals surface area contributed by atoms with Gasteiger partial charge in [-0.3, -0.25) is 0 Å². The van der Waals surface area contributed by atoms with E-state index in [4.69, 9.17) is 33.2 Å². The van der Waals surface area contributed by atoms with E-state index in [1.165, 1.54) is 0 Å². The van der Waals surface area contributed by atoms with E-state index >= 15 is 0 Å². The topological polar surface area (TPSA) is 57.9 Å². The molecule has 4 nitrogen and oxygen atoms in total. The molecule has 0 aliphatic heterocycles. The molecular formula is C12H9Cl2N3OS. The molecule has 98 valence electrons. The third-order valence-corrected chi connectivity index (χ3v) is 3.36. The predicted octanol–water partition coefficient (Wildman–Crippen LogP) is 4.46. The van der Waals surface area contributed by atoms with Crippen LogP contribution in [0, 0.1) is 11.3 Å². The lowest BCUT2D eigenvalue weighted by molar-refractivity contribution is 0.329. The number of aromatic nitrogens is 1. The first kappa shape index (κ1) is 13.9. The van der Waals surface area contributed by atoms with Crippen molar-refractivity contribution in [3.63, 3.8) is 0 Å². The van der Waals surface area contributed by atoms with Gasteiger partial charge in [0.2, 0.25) is 5.88 Å². The summed E-state index contributed by atoms with van der Waals surface area (Å²) in [6, 6.07) is 7.14. The summed E-state index contributed by atoms with van der Waals surface area (Å²) < 4.78 is 9.36. The minimum Gasteiger partial charge on any atom is -0.476 e. The van der Waals surface area contributed by atoms with Crippen LogP contribution in [0.3, 0.4) is 0 Å². The molecule has 2 aromatic rings. The molecule has 0 atom stereocenters. The normalized spacial score (nSPS) is 10.0. The van der Waals surface area contributed by atoms with Gasteiger partial charge in [0.05, 0.1) is 6.61 Å². The zero-order valence-corrected chi connectivity index (χ0v) is 12.2. The summed E-state index contributed by atoms with van der Waals surface area (Å²) in [6.07, 6.45) is 0. The number of ether oxygens (including phenoxy) is 1. The maximum absolute atomic E-state index is 9.15. The monoisotopic (exact) mass is 313 g/mol.